The lowest BCUT2D eigenvalue weighted by atomic mass is 10.1. The molecule has 7 heteroatoms. The first-order valence-corrected chi connectivity index (χ1v) is 7.27. The highest BCUT2D eigenvalue weighted by Crippen LogP contribution is 2.46. The standard InChI is InChI=1S/C13H12INO5/c1-2-18-12(17)15-10-4-3-8(14)7-9(10)13(11(15)16)19-5-6-20-13/h3-4,7H,2,5-6H2,1H3. The van der Waals surface area contributed by atoms with E-state index in [1.165, 1.54) is 0 Å². The summed E-state index contributed by atoms with van der Waals surface area (Å²) < 4.78 is 16.9. The predicted octanol–water partition coefficient (Wildman–Crippen LogP) is 1.99. The molecular formula is C13H12INO5. The number of hydrogen-bond donors (Lipinski definition) is 0. The van der Waals surface area contributed by atoms with Crippen LogP contribution in [0.4, 0.5) is 10.5 Å². The minimum atomic E-state index is -1.50. The average molecular weight is 389 g/mol. The summed E-state index contributed by atoms with van der Waals surface area (Å²) in [6.07, 6.45) is -0.712. The zero-order valence-electron chi connectivity index (χ0n) is 10.7. The normalized spacial score (nSPS) is 19.5. The van der Waals surface area contributed by atoms with Crippen LogP contribution in [0.15, 0.2) is 18.2 Å². The van der Waals surface area contributed by atoms with Crippen LogP contribution in [0.5, 0.6) is 0 Å². The summed E-state index contributed by atoms with van der Waals surface area (Å²) in [6, 6.07) is 5.30. The molecule has 2 heterocycles. The van der Waals surface area contributed by atoms with Crippen LogP contribution in [0.2, 0.25) is 0 Å². The Balaban J connectivity index is 2.13. The third-order valence-corrected chi connectivity index (χ3v) is 3.85. The van der Waals surface area contributed by atoms with Gasteiger partial charge in [0.15, 0.2) is 0 Å². The van der Waals surface area contributed by atoms with Crippen molar-refractivity contribution in [3.63, 3.8) is 0 Å². The minimum Gasteiger partial charge on any atom is -0.449 e. The summed E-state index contributed by atoms with van der Waals surface area (Å²) in [5, 5.41) is 0. The van der Waals surface area contributed by atoms with Gasteiger partial charge in [0.05, 0.1) is 25.5 Å². The molecule has 1 spiro atoms. The number of amides is 2. The van der Waals surface area contributed by atoms with Gasteiger partial charge in [0, 0.05) is 9.13 Å². The van der Waals surface area contributed by atoms with Crippen molar-refractivity contribution in [3.05, 3.63) is 27.3 Å². The van der Waals surface area contributed by atoms with Crippen LogP contribution in [0.1, 0.15) is 12.5 Å². The number of carbonyl (C=O) groups is 2. The lowest BCUT2D eigenvalue weighted by Crippen LogP contribution is -2.44. The largest absolute Gasteiger partial charge is 0.449 e. The zero-order valence-corrected chi connectivity index (χ0v) is 12.9. The molecule has 0 N–H and O–H groups in total. The van der Waals surface area contributed by atoms with E-state index in [9.17, 15) is 9.59 Å². The Kier molecular flexibility index (Phi) is 3.43. The third kappa shape index (κ3) is 1.84. The summed E-state index contributed by atoms with van der Waals surface area (Å²) in [5.74, 6) is -2.05. The van der Waals surface area contributed by atoms with E-state index in [0.29, 0.717) is 24.5 Å². The number of imide groups is 1. The Hall–Kier alpha value is -1.19. The second kappa shape index (κ2) is 4.97. The first kappa shape index (κ1) is 13.8. The van der Waals surface area contributed by atoms with Gasteiger partial charge in [-0.05, 0) is 47.7 Å². The molecule has 20 heavy (non-hydrogen) atoms. The van der Waals surface area contributed by atoms with Gasteiger partial charge in [0.1, 0.15) is 0 Å². The molecule has 2 aliphatic heterocycles. The number of rotatable bonds is 1. The Bertz CT molecular complexity index is 582. The van der Waals surface area contributed by atoms with E-state index in [0.717, 1.165) is 8.47 Å². The Morgan fingerprint density at radius 3 is 2.80 bits per heavy atom. The van der Waals surface area contributed by atoms with Gasteiger partial charge in [-0.1, -0.05) is 0 Å². The molecule has 0 unspecified atom stereocenters. The van der Waals surface area contributed by atoms with E-state index in [1.54, 1.807) is 19.1 Å². The SMILES string of the molecule is CCOC(=O)N1C(=O)C2(OCCO2)c2cc(I)ccc21. The molecule has 1 aromatic rings. The van der Waals surface area contributed by atoms with Gasteiger partial charge < -0.3 is 14.2 Å². The average Bonchev–Trinajstić information content (AvgIpc) is 2.98. The maximum Gasteiger partial charge on any atom is 0.421 e. The van der Waals surface area contributed by atoms with Crippen molar-refractivity contribution in [2.45, 2.75) is 12.7 Å². The van der Waals surface area contributed by atoms with Crippen LogP contribution in [-0.4, -0.2) is 31.8 Å². The number of benzene rings is 1. The molecular weight excluding hydrogens is 377 g/mol. The second-order valence-corrected chi connectivity index (χ2v) is 5.56. The quantitative estimate of drug-likeness (QED) is 0.688. The van der Waals surface area contributed by atoms with Gasteiger partial charge in [-0.3, -0.25) is 4.79 Å². The highest BCUT2D eigenvalue weighted by Gasteiger charge is 2.58. The second-order valence-electron chi connectivity index (χ2n) is 4.31. The number of anilines is 1. The molecule has 0 aliphatic carbocycles. The van der Waals surface area contributed by atoms with E-state index >= 15 is 0 Å². The van der Waals surface area contributed by atoms with Crippen LogP contribution in [-0.2, 0) is 24.8 Å². The smallest absolute Gasteiger partial charge is 0.421 e. The number of carbonyl (C=O) groups excluding carboxylic acids is 2. The van der Waals surface area contributed by atoms with Crippen molar-refractivity contribution in [2.75, 3.05) is 24.7 Å². The molecule has 6 nitrogen and oxygen atoms in total. The van der Waals surface area contributed by atoms with Crippen molar-refractivity contribution < 1.29 is 23.8 Å². The Morgan fingerprint density at radius 1 is 1.45 bits per heavy atom. The number of nitrogens with zero attached hydrogens (tertiary/aromatic N) is 1. The number of fused-ring (bicyclic) bond motifs is 2. The first-order valence-electron chi connectivity index (χ1n) is 6.19. The van der Waals surface area contributed by atoms with Crippen LogP contribution in [0, 0.1) is 3.57 Å². The minimum absolute atomic E-state index is 0.191. The van der Waals surface area contributed by atoms with E-state index in [1.807, 2.05) is 6.07 Å². The molecule has 3 rings (SSSR count). The fraction of sp³-hybridized carbons (Fsp3) is 0.385. The molecule has 0 radical (unpaired) electrons. The zero-order chi connectivity index (χ0) is 14.3. The first-order chi connectivity index (χ1) is 9.60. The van der Waals surface area contributed by atoms with E-state index in [4.69, 9.17) is 14.2 Å². The molecule has 0 saturated carbocycles. The summed E-state index contributed by atoms with van der Waals surface area (Å²) in [7, 11) is 0. The number of halogens is 1. The predicted molar refractivity (Wildman–Crippen MR) is 77.2 cm³/mol. The van der Waals surface area contributed by atoms with Crippen LogP contribution in [0.3, 0.4) is 0 Å². The maximum absolute atomic E-state index is 12.6. The van der Waals surface area contributed by atoms with Gasteiger partial charge in [-0.2, -0.15) is 0 Å². The highest BCUT2D eigenvalue weighted by molar-refractivity contribution is 14.1. The molecule has 0 aromatic heterocycles. The van der Waals surface area contributed by atoms with Crippen molar-refractivity contribution in [2.24, 2.45) is 0 Å². The molecule has 1 saturated heterocycles. The van der Waals surface area contributed by atoms with Crippen LogP contribution < -0.4 is 4.90 Å². The molecule has 2 amide bonds. The van der Waals surface area contributed by atoms with Crippen LogP contribution >= 0.6 is 22.6 Å². The van der Waals surface area contributed by atoms with Crippen molar-refractivity contribution in [1.29, 1.82) is 0 Å². The maximum atomic E-state index is 12.6. The fourth-order valence-corrected chi connectivity index (χ4v) is 2.89. The number of ether oxygens (including phenoxy) is 3. The Morgan fingerprint density at radius 2 is 2.15 bits per heavy atom. The summed E-state index contributed by atoms with van der Waals surface area (Å²) in [6.45, 7) is 2.50. The number of hydrogen-bond acceptors (Lipinski definition) is 5. The molecule has 1 aromatic carbocycles. The molecule has 0 atom stereocenters. The van der Waals surface area contributed by atoms with Gasteiger partial charge in [-0.15, -0.1) is 0 Å². The molecule has 1 fully saturated rings. The van der Waals surface area contributed by atoms with Gasteiger partial charge in [-0.25, -0.2) is 9.69 Å². The van der Waals surface area contributed by atoms with E-state index in [2.05, 4.69) is 22.6 Å². The van der Waals surface area contributed by atoms with Crippen molar-refractivity contribution >= 4 is 40.3 Å². The topological polar surface area (TPSA) is 65.1 Å². The summed E-state index contributed by atoms with van der Waals surface area (Å²) in [5.41, 5.74) is 1.01. The van der Waals surface area contributed by atoms with E-state index in [-0.39, 0.29) is 6.61 Å². The lowest BCUT2D eigenvalue weighted by molar-refractivity contribution is -0.180. The third-order valence-electron chi connectivity index (χ3n) is 3.18. The van der Waals surface area contributed by atoms with Gasteiger partial charge >= 0.3 is 12.0 Å². The van der Waals surface area contributed by atoms with Crippen LogP contribution in [0.25, 0.3) is 0 Å². The monoisotopic (exact) mass is 389 g/mol. The van der Waals surface area contributed by atoms with Crippen molar-refractivity contribution in [1.82, 2.24) is 0 Å². The highest BCUT2D eigenvalue weighted by atomic mass is 127. The fourth-order valence-electron chi connectivity index (χ4n) is 2.40. The molecule has 2 aliphatic rings. The van der Waals surface area contributed by atoms with Crippen molar-refractivity contribution in [3.8, 4) is 0 Å². The molecule has 106 valence electrons. The van der Waals surface area contributed by atoms with Gasteiger partial charge in [0.25, 0.3) is 5.79 Å². The lowest BCUT2D eigenvalue weighted by Gasteiger charge is -2.20. The summed E-state index contributed by atoms with van der Waals surface area (Å²) in [4.78, 5) is 25.6. The van der Waals surface area contributed by atoms with E-state index < -0.39 is 17.8 Å². The molecule has 0 bridgehead atoms. The van der Waals surface area contributed by atoms with Gasteiger partial charge in [0.2, 0.25) is 0 Å². The summed E-state index contributed by atoms with van der Waals surface area (Å²) >= 11 is 2.13. The Labute approximate surface area is 129 Å².